The fourth-order valence-electron chi connectivity index (χ4n) is 5.07. The monoisotopic (exact) mass is 481 g/mol. The number of pyridine rings is 1. The second-order valence-corrected chi connectivity index (χ2v) is 10.1. The number of benzene rings is 1. The van der Waals surface area contributed by atoms with E-state index in [-0.39, 0.29) is 5.91 Å². The molecule has 1 aromatic heterocycles. The maximum atomic E-state index is 12.1. The van der Waals surface area contributed by atoms with Crippen molar-refractivity contribution in [1.29, 1.82) is 0 Å². The molecule has 5 heteroatoms. The molecule has 2 aliphatic rings. The minimum atomic E-state index is 0.0648. The number of aromatic nitrogens is 1. The number of allylic oxidation sites excluding steroid dienone is 1. The Morgan fingerprint density at radius 2 is 1.84 bits per heavy atom. The average Bonchev–Trinajstić information content (AvgIpc) is 2.76. The van der Waals surface area contributed by atoms with Gasteiger partial charge in [-0.3, -0.25) is 14.7 Å². The van der Waals surface area contributed by atoms with Gasteiger partial charge < -0.3 is 4.90 Å². The van der Waals surface area contributed by atoms with E-state index >= 15 is 0 Å². The largest absolute Gasteiger partial charge is 0.345 e. The van der Waals surface area contributed by atoms with Gasteiger partial charge in [-0.2, -0.15) is 0 Å². The van der Waals surface area contributed by atoms with E-state index in [1.165, 1.54) is 35.2 Å². The van der Waals surface area contributed by atoms with E-state index in [1.807, 2.05) is 18.3 Å². The Balaban J connectivity index is 1.41. The summed E-state index contributed by atoms with van der Waals surface area (Å²) in [6, 6.07) is 10.3. The van der Waals surface area contributed by atoms with E-state index in [2.05, 4.69) is 57.9 Å². The summed E-state index contributed by atoms with van der Waals surface area (Å²) in [6.45, 7) is 7.89. The molecule has 1 atom stereocenters. The van der Waals surface area contributed by atoms with E-state index in [9.17, 15) is 4.79 Å². The molecule has 2 heterocycles. The quantitative estimate of drug-likeness (QED) is 0.586. The predicted octanol–water partition coefficient (Wildman–Crippen LogP) is 5.39. The number of fused-ring (bicyclic) bond motifs is 1. The lowest BCUT2D eigenvalue weighted by atomic mass is 9.81. The number of rotatable bonds is 4. The number of hydrogen-bond donors (Lipinski definition) is 0. The van der Waals surface area contributed by atoms with Crippen molar-refractivity contribution in [3.63, 3.8) is 0 Å². The van der Waals surface area contributed by atoms with E-state index < -0.39 is 0 Å². The summed E-state index contributed by atoms with van der Waals surface area (Å²) in [4.78, 5) is 21.0. The Morgan fingerprint density at radius 3 is 2.48 bits per heavy atom. The molecule has 0 N–H and O–H groups in total. The normalized spacial score (nSPS) is 20.0. The van der Waals surface area contributed by atoms with Gasteiger partial charge in [-0.05, 0) is 86.0 Å². The molecule has 1 fully saturated rings. The molecule has 0 saturated carbocycles. The first-order chi connectivity index (χ1) is 14.8. The zero-order chi connectivity index (χ0) is 22.1. The molecule has 164 valence electrons. The van der Waals surface area contributed by atoms with Crippen LogP contribution in [0.5, 0.6) is 0 Å². The Kier molecular flexibility index (Phi) is 6.63. The molecule has 1 aliphatic heterocycles. The van der Waals surface area contributed by atoms with Crippen LogP contribution in [0.4, 0.5) is 0 Å². The molecule has 0 bridgehead atoms. The first-order valence-electron chi connectivity index (χ1n) is 11.2. The number of carbonyl (C=O) groups excluding carboxylic acids is 1. The topological polar surface area (TPSA) is 36.4 Å². The van der Waals surface area contributed by atoms with Gasteiger partial charge in [0.05, 0.1) is 0 Å². The highest BCUT2D eigenvalue weighted by atomic mass is 79.9. The molecule has 31 heavy (non-hydrogen) atoms. The summed E-state index contributed by atoms with van der Waals surface area (Å²) in [6.07, 6.45) is 5.27. The summed E-state index contributed by atoms with van der Waals surface area (Å²) >= 11 is 3.74. The molecule has 1 amide bonds. The van der Waals surface area contributed by atoms with Crippen LogP contribution in [0.25, 0.3) is 5.57 Å². The fourth-order valence-corrected chi connectivity index (χ4v) is 5.71. The standard InChI is InChI=1S/C26H32BrN3O/c1-17-15-24-25(23(27)9-12-28-24)18(2)22(17)16-30-13-10-20(11-14-30)19-5-7-21(8-6-19)26(31)29(3)4/h5-9,12,17,20H,10-11,13-16H2,1-4H3. The fraction of sp³-hybridized carbons (Fsp3) is 0.462. The van der Waals surface area contributed by atoms with Gasteiger partial charge in [0.15, 0.2) is 0 Å². The molecule has 1 aliphatic carbocycles. The maximum absolute atomic E-state index is 12.1. The lowest BCUT2D eigenvalue weighted by molar-refractivity contribution is 0.0827. The zero-order valence-electron chi connectivity index (χ0n) is 19.0. The molecule has 1 aromatic carbocycles. The van der Waals surface area contributed by atoms with Crippen LogP contribution in [-0.4, -0.2) is 54.4 Å². The van der Waals surface area contributed by atoms with Crippen LogP contribution >= 0.6 is 15.9 Å². The number of piperidine rings is 1. The van der Waals surface area contributed by atoms with Crippen molar-refractivity contribution < 1.29 is 4.79 Å². The average molecular weight is 482 g/mol. The second kappa shape index (κ2) is 9.25. The number of halogens is 1. The number of likely N-dealkylation sites (tertiary alicyclic amines) is 1. The SMILES string of the molecule is CC1=C(CN2CCC(c3ccc(C(=O)N(C)C)cc3)CC2)C(C)Cc2nccc(Br)c21. The molecule has 0 spiro atoms. The van der Waals surface area contributed by atoms with Gasteiger partial charge >= 0.3 is 0 Å². The lowest BCUT2D eigenvalue weighted by Crippen LogP contribution is -2.36. The molecular weight excluding hydrogens is 450 g/mol. The summed E-state index contributed by atoms with van der Waals surface area (Å²) in [5.41, 5.74) is 7.61. The van der Waals surface area contributed by atoms with Gasteiger partial charge in [0, 0.05) is 48.1 Å². The highest BCUT2D eigenvalue weighted by Gasteiger charge is 2.28. The molecule has 2 aromatic rings. The molecular formula is C26H32BrN3O. The highest BCUT2D eigenvalue weighted by Crippen LogP contribution is 2.38. The van der Waals surface area contributed by atoms with Gasteiger partial charge in [-0.25, -0.2) is 0 Å². The molecule has 0 radical (unpaired) electrons. The minimum absolute atomic E-state index is 0.0648. The molecule has 1 saturated heterocycles. The third-order valence-corrected chi connectivity index (χ3v) is 7.61. The van der Waals surface area contributed by atoms with Gasteiger partial charge in [-0.1, -0.05) is 35.0 Å². The first-order valence-corrected chi connectivity index (χ1v) is 12.0. The van der Waals surface area contributed by atoms with Gasteiger partial charge in [-0.15, -0.1) is 0 Å². The third-order valence-electron chi connectivity index (χ3n) is 6.95. The molecule has 1 unspecified atom stereocenters. The first kappa shape index (κ1) is 22.2. The number of hydrogen-bond acceptors (Lipinski definition) is 3. The van der Waals surface area contributed by atoms with E-state index in [0.717, 1.165) is 36.1 Å². The molecule has 4 rings (SSSR count). The summed E-state index contributed by atoms with van der Waals surface area (Å²) < 4.78 is 1.16. The van der Waals surface area contributed by atoms with Crippen molar-refractivity contribution >= 4 is 27.4 Å². The Morgan fingerprint density at radius 1 is 1.16 bits per heavy atom. The summed E-state index contributed by atoms with van der Waals surface area (Å²) in [5.74, 6) is 1.18. The van der Waals surface area contributed by atoms with Crippen molar-refractivity contribution in [2.45, 2.75) is 39.0 Å². The van der Waals surface area contributed by atoms with Crippen molar-refractivity contribution in [2.75, 3.05) is 33.7 Å². The van der Waals surface area contributed by atoms with Crippen LogP contribution in [0.3, 0.4) is 0 Å². The van der Waals surface area contributed by atoms with Gasteiger partial charge in [0.2, 0.25) is 0 Å². The van der Waals surface area contributed by atoms with Gasteiger partial charge in [0.25, 0.3) is 5.91 Å². The zero-order valence-corrected chi connectivity index (χ0v) is 20.6. The van der Waals surface area contributed by atoms with E-state index in [4.69, 9.17) is 0 Å². The summed E-state index contributed by atoms with van der Waals surface area (Å²) in [5, 5.41) is 0. The van der Waals surface area contributed by atoms with Crippen molar-refractivity contribution in [1.82, 2.24) is 14.8 Å². The third kappa shape index (κ3) is 4.63. The number of amides is 1. The number of carbonyl (C=O) groups is 1. The van der Waals surface area contributed by atoms with Gasteiger partial charge in [0.1, 0.15) is 0 Å². The van der Waals surface area contributed by atoms with Crippen molar-refractivity contribution in [2.24, 2.45) is 5.92 Å². The highest BCUT2D eigenvalue weighted by molar-refractivity contribution is 9.10. The van der Waals surface area contributed by atoms with Crippen LogP contribution in [0, 0.1) is 5.92 Å². The lowest BCUT2D eigenvalue weighted by Gasteiger charge is -2.36. The summed E-state index contributed by atoms with van der Waals surface area (Å²) in [7, 11) is 3.59. The second-order valence-electron chi connectivity index (χ2n) is 9.24. The van der Waals surface area contributed by atoms with Crippen LogP contribution in [0.1, 0.15) is 59.8 Å². The number of nitrogens with zero attached hydrogens (tertiary/aromatic N) is 3. The van der Waals surface area contributed by atoms with E-state index in [1.54, 1.807) is 24.6 Å². The Hall–Kier alpha value is -1.98. The van der Waals surface area contributed by atoms with Crippen LogP contribution in [0.2, 0.25) is 0 Å². The van der Waals surface area contributed by atoms with Crippen LogP contribution in [0.15, 0.2) is 46.6 Å². The molecule has 4 nitrogen and oxygen atoms in total. The van der Waals surface area contributed by atoms with Crippen LogP contribution < -0.4 is 0 Å². The Bertz CT molecular complexity index is 988. The smallest absolute Gasteiger partial charge is 0.253 e. The van der Waals surface area contributed by atoms with Crippen LogP contribution in [-0.2, 0) is 6.42 Å². The van der Waals surface area contributed by atoms with Crippen molar-refractivity contribution in [3.05, 3.63) is 69.0 Å². The Labute approximate surface area is 194 Å². The van der Waals surface area contributed by atoms with E-state index in [0.29, 0.717) is 11.8 Å². The predicted molar refractivity (Wildman–Crippen MR) is 130 cm³/mol. The maximum Gasteiger partial charge on any atom is 0.253 e. The minimum Gasteiger partial charge on any atom is -0.345 e. The van der Waals surface area contributed by atoms with Crippen molar-refractivity contribution in [3.8, 4) is 0 Å².